The summed E-state index contributed by atoms with van der Waals surface area (Å²) < 4.78 is 1.72. The molecule has 2 heterocycles. The van der Waals surface area contributed by atoms with Crippen molar-refractivity contribution >= 4 is 17.2 Å². The van der Waals surface area contributed by atoms with E-state index in [0.717, 1.165) is 23.9 Å². The topological polar surface area (TPSA) is 71.8 Å². The number of nitrogens with one attached hydrogen (secondary N) is 2. The van der Waals surface area contributed by atoms with Gasteiger partial charge in [-0.1, -0.05) is 23.4 Å². The highest BCUT2D eigenvalue weighted by atomic mass is 32.1. The van der Waals surface area contributed by atoms with Crippen molar-refractivity contribution in [3.8, 4) is 0 Å². The van der Waals surface area contributed by atoms with E-state index in [1.54, 1.807) is 22.2 Å². The van der Waals surface area contributed by atoms with Gasteiger partial charge in [0, 0.05) is 11.4 Å². The van der Waals surface area contributed by atoms with Crippen molar-refractivity contribution in [1.29, 1.82) is 0 Å². The Morgan fingerprint density at radius 2 is 2.38 bits per heavy atom. The largest absolute Gasteiger partial charge is 0.346 e. The van der Waals surface area contributed by atoms with E-state index in [9.17, 15) is 4.79 Å². The molecule has 6 nitrogen and oxygen atoms in total. The van der Waals surface area contributed by atoms with Crippen LogP contribution in [0.2, 0.25) is 0 Å². The quantitative estimate of drug-likeness (QED) is 0.568. The van der Waals surface area contributed by atoms with Crippen molar-refractivity contribution in [2.75, 3.05) is 13.1 Å². The molecule has 2 aromatic rings. The second kappa shape index (κ2) is 8.75. The fraction of sp³-hybridized carbons (Fsp3) is 0.471. The Kier molecular flexibility index (Phi) is 6.14. The molecule has 1 amide bonds. The zero-order valence-corrected chi connectivity index (χ0v) is 14.5. The zero-order valence-electron chi connectivity index (χ0n) is 13.6. The Morgan fingerprint density at radius 3 is 3.17 bits per heavy atom. The van der Waals surface area contributed by atoms with E-state index < -0.39 is 0 Å². The number of thiophene rings is 1. The third-order valence-electron chi connectivity index (χ3n) is 4.10. The summed E-state index contributed by atoms with van der Waals surface area (Å²) in [6.07, 6.45) is 9.87. The Hall–Kier alpha value is -1.99. The molecular weight excluding hydrogens is 322 g/mol. The number of hydrogen-bond donors (Lipinski definition) is 2. The summed E-state index contributed by atoms with van der Waals surface area (Å²) in [5, 5.41) is 16.3. The lowest BCUT2D eigenvalue weighted by Crippen LogP contribution is -2.27. The highest BCUT2D eigenvalue weighted by molar-refractivity contribution is 7.09. The molecule has 24 heavy (non-hydrogen) atoms. The Bertz CT molecular complexity index is 664. The van der Waals surface area contributed by atoms with Gasteiger partial charge in [0.1, 0.15) is 0 Å². The van der Waals surface area contributed by atoms with Crippen molar-refractivity contribution in [1.82, 2.24) is 25.6 Å². The molecule has 0 saturated carbocycles. The normalized spacial score (nSPS) is 17.1. The van der Waals surface area contributed by atoms with Crippen LogP contribution < -0.4 is 10.6 Å². The van der Waals surface area contributed by atoms with Crippen LogP contribution in [0.15, 0.2) is 35.9 Å². The van der Waals surface area contributed by atoms with Crippen LogP contribution in [-0.4, -0.2) is 34.0 Å². The summed E-state index contributed by atoms with van der Waals surface area (Å²) >= 11 is 1.62. The summed E-state index contributed by atoms with van der Waals surface area (Å²) in [6, 6.07) is 3.97. The molecule has 0 saturated heterocycles. The van der Waals surface area contributed by atoms with Crippen molar-refractivity contribution in [3.63, 3.8) is 0 Å². The molecule has 2 aromatic heterocycles. The summed E-state index contributed by atoms with van der Waals surface area (Å²) in [6.45, 7) is 3.11. The second-order valence-corrected chi connectivity index (χ2v) is 7.02. The van der Waals surface area contributed by atoms with Gasteiger partial charge in [0.05, 0.1) is 19.3 Å². The van der Waals surface area contributed by atoms with Crippen LogP contribution in [0.3, 0.4) is 0 Å². The van der Waals surface area contributed by atoms with E-state index in [-0.39, 0.29) is 5.91 Å². The molecule has 1 unspecified atom stereocenters. The molecule has 1 atom stereocenters. The fourth-order valence-corrected chi connectivity index (χ4v) is 3.37. The zero-order chi connectivity index (χ0) is 16.6. The number of nitrogens with zero attached hydrogens (tertiary/aromatic N) is 3. The molecule has 1 aliphatic carbocycles. The molecule has 7 heteroatoms. The van der Waals surface area contributed by atoms with Gasteiger partial charge in [-0.3, -0.25) is 9.48 Å². The highest BCUT2D eigenvalue weighted by Gasteiger charge is 2.11. The predicted molar refractivity (Wildman–Crippen MR) is 94.9 cm³/mol. The lowest BCUT2D eigenvalue weighted by atomic mass is 9.94. The Balaban J connectivity index is 1.36. The standard InChI is InChI=1S/C17H23N5OS/c23-17(19-12-15-7-4-10-24-15)16-13-22(21-20-16)9-8-18-11-14-5-2-1-3-6-14/h1-2,4,7,10,13-14,18H,3,5-6,8-9,11-12H2,(H,19,23). The van der Waals surface area contributed by atoms with Crippen LogP contribution in [0, 0.1) is 5.92 Å². The average molecular weight is 345 g/mol. The minimum atomic E-state index is -0.184. The number of hydrogen-bond acceptors (Lipinski definition) is 5. The second-order valence-electron chi connectivity index (χ2n) is 5.98. The number of rotatable bonds is 8. The van der Waals surface area contributed by atoms with E-state index in [2.05, 4.69) is 33.1 Å². The molecule has 3 rings (SSSR count). The summed E-state index contributed by atoms with van der Waals surface area (Å²) in [5.41, 5.74) is 0.365. The van der Waals surface area contributed by atoms with Gasteiger partial charge in [0.15, 0.2) is 5.69 Å². The van der Waals surface area contributed by atoms with Gasteiger partial charge in [-0.05, 0) is 43.2 Å². The van der Waals surface area contributed by atoms with E-state index in [1.807, 2.05) is 17.5 Å². The molecule has 128 valence electrons. The SMILES string of the molecule is O=C(NCc1cccs1)c1cn(CCNCC2CC=CCC2)nn1. The molecule has 0 spiro atoms. The molecule has 0 radical (unpaired) electrons. The molecule has 0 bridgehead atoms. The molecule has 0 fully saturated rings. The smallest absolute Gasteiger partial charge is 0.273 e. The predicted octanol–water partition coefficient (Wildman–Crippen LogP) is 2.22. The lowest BCUT2D eigenvalue weighted by molar-refractivity contribution is 0.0946. The first-order chi connectivity index (χ1) is 11.8. The Labute approximate surface area is 146 Å². The van der Waals surface area contributed by atoms with Crippen LogP contribution in [0.1, 0.15) is 34.6 Å². The fourth-order valence-electron chi connectivity index (χ4n) is 2.72. The maximum atomic E-state index is 12.0. The van der Waals surface area contributed by atoms with Gasteiger partial charge < -0.3 is 10.6 Å². The molecular formula is C17H23N5OS. The van der Waals surface area contributed by atoms with Crippen LogP contribution in [0.5, 0.6) is 0 Å². The molecule has 2 N–H and O–H groups in total. The third kappa shape index (κ3) is 5.01. The van der Waals surface area contributed by atoms with Crippen molar-refractivity contribution in [2.24, 2.45) is 5.92 Å². The third-order valence-corrected chi connectivity index (χ3v) is 4.98. The maximum absolute atomic E-state index is 12.0. The maximum Gasteiger partial charge on any atom is 0.273 e. The first-order valence-electron chi connectivity index (χ1n) is 8.37. The molecule has 1 aliphatic rings. The van der Waals surface area contributed by atoms with Crippen molar-refractivity contribution < 1.29 is 4.79 Å². The van der Waals surface area contributed by atoms with Gasteiger partial charge >= 0.3 is 0 Å². The van der Waals surface area contributed by atoms with Crippen LogP contribution in [0.4, 0.5) is 0 Å². The van der Waals surface area contributed by atoms with Gasteiger partial charge in [-0.15, -0.1) is 16.4 Å². The lowest BCUT2D eigenvalue weighted by Gasteiger charge is -2.17. The van der Waals surface area contributed by atoms with Crippen LogP contribution in [-0.2, 0) is 13.1 Å². The summed E-state index contributed by atoms with van der Waals surface area (Å²) in [5.74, 6) is 0.556. The number of carbonyl (C=O) groups is 1. The minimum absolute atomic E-state index is 0.184. The van der Waals surface area contributed by atoms with E-state index in [0.29, 0.717) is 18.8 Å². The van der Waals surface area contributed by atoms with E-state index in [1.165, 1.54) is 19.3 Å². The highest BCUT2D eigenvalue weighted by Crippen LogP contribution is 2.16. The van der Waals surface area contributed by atoms with Gasteiger partial charge in [-0.25, -0.2) is 0 Å². The first-order valence-corrected chi connectivity index (χ1v) is 9.25. The average Bonchev–Trinajstić information content (AvgIpc) is 3.29. The van der Waals surface area contributed by atoms with Gasteiger partial charge in [0.25, 0.3) is 5.91 Å². The van der Waals surface area contributed by atoms with Crippen molar-refractivity contribution in [2.45, 2.75) is 32.4 Å². The van der Waals surface area contributed by atoms with Crippen molar-refractivity contribution in [3.05, 3.63) is 46.4 Å². The van der Waals surface area contributed by atoms with Gasteiger partial charge in [-0.2, -0.15) is 0 Å². The van der Waals surface area contributed by atoms with E-state index in [4.69, 9.17) is 0 Å². The monoisotopic (exact) mass is 345 g/mol. The van der Waals surface area contributed by atoms with Crippen LogP contribution in [0.25, 0.3) is 0 Å². The molecule has 0 aliphatic heterocycles. The van der Waals surface area contributed by atoms with E-state index >= 15 is 0 Å². The number of allylic oxidation sites excluding steroid dienone is 2. The number of aromatic nitrogens is 3. The van der Waals surface area contributed by atoms with Gasteiger partial charge in [0.2, 0.25) is 0 Å². The first kappa shape index (κ1) is 16.9. The molecule has 0 aromatic carbocycles. The Morgan fingerprint density at radius 1 is 1.42 bits per heavy atom. The summed E-state index contributed by atoms with van der Waals surface area (Å²) in [7, 11) is 0. The van der Waals surface area contributed by atoms with Crippen LogP contribution >= 0.6 is 11.3 Å². The number of amides is 1. The minimum Gasteiger partial charge on any atom is -0.346 e. The summed E-state index contributed by atoms with van der Waals surface area (Å²) in [4.78, 5) is 13.2. The number of carbonyl (C=O) groups excluding carboxylic acids is 1.